The Labute approximate surface area is 79.3 Å². The van der Waals surface area contributed by atoms with Crippen LogP contribution in [0.1, 0.15) is 30.4 Å². The lowest BCUT2D eigenvalue weighted by molar-refractivity contribution is 0.471. The highest BCUT2D eigenvalue weighted by Crippen LogP contribution is 2.33. The van der Waals surface area contributed by atoms with Crippen LogP contribution in [0.4, 0.5) is 0 Å². The summed E-state index contributed by atoms with van der Waals surface area (Å²) in [5, 5.41) is 3.41. The molecule has 0 amide bonds. The second-order valence-electron chi connectivity index (χ2n) is 4.31. The highest BCUT2D eigenvalue weighted by atomic mass is 16.3. The number of aryl methyl sites for hydroxylation is 2. The van der Waals surface area contributed by atoms with E-state index in [2.05, 4.69) is 25.2 Å². The summed E-state index contributed by atoms with van der Waals surface area (Å²) in [4.78, 5) is 0. The number of nitrogens with one attached hydrogen (secondary N) is 1. The Bertz CT molecular complexity index is 308. The van der Waals surface area contributed by atoms with Crippen LogP contribution in [0.15, 0.2) is 10.5 Å². The molecule has 2 rings (SSSR count). The van der Waals surface area contributed by atoms with E-state index in [0.717, 1.165) is 24.6 Å². The second kappa shape index (κ2) is 2.88. The molecule has 0 spiro atoms. The van der Waals surface area contributed by atoms with Crippen molar-refractivity contribution in [1.82, 2.24) is 5.32 Å². The first kappa shape index (κ1) is 8.82. The molecule has 13 heavy (non-hydrogen) atoms. The fourth-order valence-electron chi connectivity index (χ4n) is 2.28. The Morgan fingerprint density at radius 2 is 2.23 bits per heavy atom. The number of hydrogen-bond donors (Lipinski definition) is 1. The molecule has 1 aromatic rings. The van der Waals surface area contributed by atoms with Crippen molar-refractivity contribution in [2.24, 2.45) is 0 Å². The lowest BCUT2D eigenvalue weighted by Gasteiger charge is -2.21. The van der Waals surface area contributed by atoms with Crippen LogP contribution in [-0.2, 0) is 5.41 Å². The van der Waals surface area contributed by atoms with Crippen molar-refractivity contribution in [1.29, 1.82) is 0 Å². The molecule has 2 heteroatoms. The highest BCUT2D eigenvalue weighted by Gasteiger charge is 2.33. The first-order chi connectivity index (χ1) is 6.12. The molecule has 2 heterocycles. The maximum Gasteiger partial charge on any atom is 0.104 e. The van der Waals surface area contributed by atoms with Gasteiger partial charge in [-0.05, 0) is 32.9 Å². The summed E-state index contributed by atoms with van der Waals surface area (Å²) in [6.45, 7) is 8.59. The molecule has 0 aromatic carbocycles. The van der Waals surface area contributed by atoms with Crippen molar-refractivity contribution < 1.29 is 4.42 Å². The average Bonchev–Trinajstić information content (AvgIpc) is 2.59. The Kier molecular flexibility index (Phi) is 1.95. The molecule has 1 atom stereocenters. The zero-order valence-corrected chi connectivity index (χ0v) is 8.61. The standard InChI is InChI=1S/C11H17NO/c1-8-6-10(9(2)13-8)11(3)4-5-12-7-11/h6,12H,4-5,7H2,1-3H3. The SMILES string of the molecule is Cc1cc(C2(C)CCNC2)c(C)o1. The molecular weight excluding hydrogens is 162 g/mol. The van der Waals surface area contributed by atoms with Gasteiger partial charge in [0.1, 0.15) is 11.5 Å². The predicted molar refractivity (Wildman–Crippen MR) is 53.0 cm³/mol. The summed E-state index contributed by atoms with van der Waals surface area (Å²) in [5.41, 5.74) is 1.68. The van der Waals surface area contributed by atoms with Gasteiger partial charge in [0.25, 0.3) is 0 Å². The Morgan fingerprint density at radius 1 is 1.46 bits per heavy atom. The first-order valence-corrected chi connectivity index (χ1v) is 4.90. The summed E-state index contributed by atoms with van der Waals surface area (Å²) in [5.74, 6) is 2.12. The van der Waals surface area contributed by atoms with Gasteiger partial charge in [-0.3, -0.25) is 0 Å². The van der Waals surface area contributed by atoms with Crippen molar-refractivity contribution in [2.75, 3.05) is 13.1 Å². The molecule has 1 aliphatic rings. The smallest absolute Gasteiger partial charge is 0.104 e. The molecule has 2 nitrogen and oxygen atoms in total. The second-order valence-corrected chi connectivity index (χ2v) is 4.31. The lowest BCUT2D eigenvalue weighted by atomic mass is 9.82. The van der Waals surface area contributed by atoms with Crippen LogP contribution >= 0.6 is 0 Å². The number of rotatable bonds is 1. The third-order valence-electron chi connectivity index (χ3n) is 3.06. The van der Waals surface area contributed by atoms with Crippen molar-refractivity contribution >= 4 is 0 Å². The van der Waals surface area contributed by atoms with Crippen LogP contribution < -0.4 is 5.32 Å². The van der Waals surface area contributed by atoms with E-state index in [1.165, 1.54) is 12.0 Å². The van der Waals surface area contributed by atoms with Gasteiger partial charge in [-0.2, -0.15) is 0 Å². The Balaban J connectivity index is 2.38. The highest BCUT2D eigenvalue weighted by molar-refractivity contribution is 5.30. The normalized spacial score (nSPS) is 28.2. The molecule has 0 radical (unpaired) electrons. The Hall–Kier alpha value is -0.760. The van der Waals surface area contributed by atoms with E-state index in [9.17, 15) is 0 Å². The Morgan fingerprint density at radius 3 is 2.69 bits per heavy atom. The fraction of sp³-hybridized carbons (Fsp3) is 0.636. The molecular formula is C11H17NO. The van der Waals surface area contributed by atoms with Crippen molar-refractivity contribution in [3.63, 3.8) is 0 Å². The molecule has 1 aliphatic heterocycles. The lowest BCUT2D eigenvalue weighted by Crippen LogP contribution is -2.25. The van der Waals surface area contributed by atoms with Crippen molar-refractivity contribution in [3.8, 4) is 0 Å². The molecule has 72 valence electrons. The summed E-state index contributed by atoms with van der Waals surface area (Å²) in [7, 11) is 0. The molecule has 1 unspecified atom stereocenters. The van der Waals surface area contributed by atoms with Crippen LogP contribution in [0.5, 0.6) is 0 Å². The van der Waals surface area contributed by atoms with Crippen LogP contribution in [0.2, 0.25) is 0 Å². The summed E-state index contributed by atoms with van der Waals surface area (Å²) < 4.78 is 5.56. The van der Waals surface area contributed by atoms with Gasteiger partial charge in [0.15, 0.2) is 0 Å². The van der Waals surface area contributed by atoms with Gasteiger partial charge in [0, 0.05) is 17.5 Å². The van der Waals surface area contributed by atoms with Gasteiger partial charge < -0.3 is 9.73 Å². The van der Waals surface area contributed by atoms with E-state index in [0.29, 0.717) is 5.41 Å². The maximum atomic E-state index is 5.56. The van der Waals surface area contributed by atoms with E-state index in [-0.39, 0.29) is 0 Å². The van der Waals surface area contributed by atoms with E-state index < -0.39 is 0 Å². The third-order valence-corrected chi connectivity index (χ3v) is 3.06. The van der Waals surface area contributed by atoms with Gasteiger partial charge in [-0.1, -0.05) is 6.92 Å². The molecule has 0 aliphatic carbocycles. The fourth-order valence-corrected chi connectivity index (χ4v) is 2.28. The zero-order chi connectivity index (χ0) is 9.47. The number of furan rings is 1. The van der Waals surface area contributed by atoms with Gasteiger partial charge in [0.2, 0.25) is 0 Å². The van der Waals surface area contributed by atoms with E-state index in [1.807, 2.05) is 6.92 Å². The summed E-state index contributed by atoms with van der Waals surface area (Å²) in [6.07, 6.45) is 1.22. The largest absolute Gasteiger partial charge is 0.466 e. The predicted octanol–water partition coefficient (Wildman–Crippen LogP) is 2.15. The third kappa shape index (κ3) is 1.39. The maximum absolute atomic E-state index is 5.56. The molecule has 1 fully saturated rings. The van der Waals surface area contributed by atoms with Crippen LogP contribution in [-0.4, -0.2) is 13.1 Å². The quantitative estimate of drug-likeness (QED) is 0.714. The van der Waals surface area contributed by atoms with Gasteiger partial charge in [-0.15, -0.1) is 0 Å². The molecule has 0 bridgehead atoms. The minimum Gasteiger partial charge on any atom is -0.466 e. The molecule has 1 aromatic heterocycles. The van der Waals surface area contributed by atoms with Gasteiger partial charge in [0.05, 0.1) is 0 Å². The van der Waals surface area contributed by atoms with Crippen LogP contribution in [0.25, 0.3) is 0 Å². The van der Waals surface area contributed by atoms with Crippen molar-refractivity contribution in [3.05, 3.63) is 23.2 Å². The van der Waals surface area contributed by atoms with Crippen LogP contribution in [0, 0.1) is 13.8 Å². The number of hydrogen-bond acceptors (Lipinski definition) is 2. The average molecular weight is 179 g/mol. The zero-order valence-electron chi connectivity index (χ0n) is 8.61. The minimum atomic E-state index is 0.293. The summed E-state index contributed by atoms with van der Waals surface area (Å²) >= 11 is 0. The molecule has 1 N–H and O–H groups in total. The minimum absolute atomic E-state index is 0.293. The monoisotopic (exact) mass is 179 g/mol. The molecule has 0 saturated carbocycles. The molecule has 1 saturated heterocycles. The summed E-state index contributed by atoms with van der Waals surface area (Å²) in [6, 6.07) is 2.18. The first-order valence-electron chi connectivity index (χ1n) is 4.90. The topological polar surface area (TPSA) is 25.2 Å². The van der Waals surface area contributed by atoms with Gasteiger partial charge in [-0.25, -0.2) is 0 Å². The van der Waals surface area contributed by atoms with Crippen LogP contribution in [0.3, 0.4) is 0 Å². The van der Waals surface area contributed by atoms with E-state index >= 15 is 0 Å². The van der Waals surface area contributed by atoms with E-state index in [1.54, 1.807) is 0 Å². The van der Waals surface area contributed by atoms with Crippen molar-refractivity contribution in [2.45, 2.75) is 32.6 Å². The van der Waals surface area contributed by atoms with Gasteiger partial charge >= 0.3 is 0 Å². The van der Waals surface area contributed by atoms with E-state index in [4.69, 9.17) is 4.42 Å².